The summed E-state index contributed by atoms with van der Waals surface area (Å²) in [5, 5.41) is 9.61. The van der Waals surface area contributed by atoms with Crippen molar-refractivity contribution in [2.45, 2.75) is 38.1 Å². The lowest BCUT2D eigenvalue weighted by Crippen LogP contribution is -2.23. The van der Waals surface area contributed by atoms with E-state index >= 15 is 0 Å². The van der Waals surface area contributed by atoms with E-state index in [4.69, 9.17) is 18.9 Å². The van der Waals surface area contributed by atoms with Gasteiger partial charge >= 0.3 is 0 Å². The molecule has 1 aromatic carbocycles. The predicted molar refractivity (Wildman–Crippen MR) is 85.3 cm³/mol. The van der Waals surface area contributed by atoms with Gasteiger partial charge in [-0.15, -0.1) is 0 Å². The molecule has 0 aliphatic heterocycles. The summed E-state index contributed by atoms with van der Waals surface area (Å²) < 4.78 is 21.2. The molecule has 0 aliphatic carbocycles. The quantitative estimate of drug-likeness (QED) is 0.441. The van der Waals surface area contributed by atoms with Crippen LogP contribution in [0.3, 0.4) is 0 Å². The van der Waals surface area contributed by atoms with Crippen molar-refractivity contribution in [1.82, 2.24) is 0 Å². The molecule has 0 radical (unpaired) electrons. The molecule has 0 aliphatic rings. The SMILES string of the molecule is COCO[C@H](CC[C@@H](O)CC=O)COCc1ccc(OC)cc1. The zero-order chi connectivity index (χ0) is 16.9. The average molecular weight is 326 g/mol. The number of methoxy groups -OCH3 is 2. The highest BCUT2D eigenvalue weighted by Crippen LogP contribution is 2.13. The highest BCUT2D eigenvalue weighted by Gasteiger charge is 2.13. The van der Waals surface area contributed by atoms with Crippen LogP contribution < -0.4 is 4.74 Å². The smallest absolute Gasteiger partial charge is 0.146 e. The molecule has 0 fully saturated rings. The van der Waals surface area contributed by atoms with Crippen LogP contribution in [0.15, 0.2) is 24.3 Å². The Morgan fingerprint density at radius 3 is 2.52 bits per heavy atom. The maximum atomic E-state index is 10.4. The monoisotopic (exact) mass is 326 g/mol. The largest absolute Gasteiger partial charge is 0.497 e. The Bertz CT molecular complexity index is 420. The summed E-state index contributed by atoms with van der Waals surface area (Å²) in [5.74, 6) is 0.805. The summed E-state index contributed by atoms with van der Waals surface area (Å²) in [6.07, 6.45) is 1.12. The molecule has 0 amide bonds. The number of ether oxygens (including phenoxy) is 4. The van der Waals surface area contributed by atoms with Gasteiger partial charge in [0.2, 0.25) is 0 Å². The van der Waals surface area contributed by atoms with Crippen molar-refractivity contribution < 1.29 is 28.8 Å². The molecule has 0 spiro atoms. The number of aldehydes is 1. The van der Waals surface area contributed by atoms with Crippen LogP contribution in [0.25, 0.3) is 0 Å². The molecular weight excluding hydrogens is 300 g/mol. The molecule has 2 atom stereocenters. The van der Waals surface area contributed by atoms with Crippen molar-refractivity contribution in [3.63, 3.8) is 0 Å². The lowest BCUT2D eigenvalue weighted by atomic mass is 10.1. The van der Waals surface area contributed by atoms with Gasteiger partial charge in [0.05, 0.1) is 32.5 Å². The number of aliphatic hydroxyl groups is 1. The first-order valence-electron chi connectivity index (χ1n) is 7.62. The fourth-order valence-corrected chi connectivity index (χ4v) is 2.02. The fraction of sp³-hybridized carbons (Fsp3) is 0.588. The molecule has 23 heavy (non-hydrogen) atoms. The van der Waals surface area contributed by atoms with E-state index in [9.17, 15) is 9.90 Å². The predicted octanol–water partition coefficient (Wildman–Crippen LogP) is 1.93. The van der Waals surface area contributed by atoms with E-state index in [1.54, 1.807) is 14.2 Å². The minimum absolute atomic E-state index is 0.143. The van der Waals surface area contributed by atoms with Crippen molar-refractivity contribution in [3.8, 4) is 5.75 Å². The third-order valence-electron chi connectivity index (χ3n) is 3.34. The normalized spacial score (nSPS) is 13.5. The van der Waals surface area contributed by atoms with Gasteiger partial charge in [-0.05, 0) is 30.5 Å². The molecule has 1 aromatic rings. The summed E-state index contributed by atoms with van der Waals surface area (Å²) in [7, 11) is 3.18. The zero-order valence-electron chi connectivity index (χ0n) is 13.8. The second-order valence-corrected chi connectivity index (χ2v) is 5.19. The molecule has 0 bridgehead atoms. The maximum Gasteiger partial charge on any atom is 0.146 e. The van der Waals surface area contributed by atoms with Gasteiger partial charge in [-0.1, -0.05) is 12.1 Å². The minimum Gasteiger partial charge on any atom is -0.497 e. The van der Waals surface area contributed by atoms with Crippen LogP contribution in [0.4, 0.5) is 0 Å². The van der Waals surface area contributed by atoms with Crippen LogP contribution in [0.2, 0.25) is 0 Å². The van der Waals surface area contributed by atoms with Crippen LogP contribution in [-0.2, 0) is 25.6 Å². The Hall–Kier alpha value is -1.47. The highest BCUT2D eigenvalue weighted by molar-refractivity contribution is 5.49. The lowest BCUT2D eigenvalue weighted by Gasteiger charge is -2.19. The van der Waals surface area contributed by atoms with Crippen molar-refractivity contribution in [3.05, 3.63) is 29.8 Å². The Morgan fingerprint density at radius 1 is 1.17 bits per heavy atom. The van der Waals surface area contributed by atoms with Crippen LogP contribution in [-0.4, -0.2) is 51.2 Å². The van der Waals surface area contributed by atoms with Gasteiger partial charge in [0.15, 0.2) is 0 Å². The fourth-order valence-electron chi connectivity index (χ4n) is 2.02. The molecule has 6 nitrogen and oxygen atoms in total. The Morgan fingerprint density at radius 2 is 1.91 bits per heavy atom. The third-order valence-corrected chi connectivity index (χ3v) is 3.34. The van der Waals surface area contributed by atoms with Crippen LogP contribution in [0, 0.1) is 0 Å². The van der Waals surface area contributed by atoms with E-state index in [0.29, 0.717) is 26.1 Å². The molecule has 0 saturated carbocycles. The molecule has 0 aromatic heterocycles. The molecule has 0 heterocycles. The van der Waals surface area contributed by atoms with E-state index in [0.717, 1.165) is 17.6 Å². The number of aliphatic hydroxyl groups excluding tert-OH is 1. The Labute approximate surface area is 137 Å². The number of hydrogen-bond donors (Lipinski definition) is 1. The van der Waals surface area contributed by atoms with Crippen LogP contribution in [0.5, 0.6) is 5.75 Å². The molecule has 1 N–H and O–H groups in total. The molecule has 1 rings (SSSR count). The third kappa shape index (κ3) is 8.66. The van der Waals surface area contributed by atoms with Gasteiger partial charge in [0.1, 0.15) is 18.8 Å². The molecule has 6 heteroatoms. The van der Waals surface area contributed by atoms with Gasteiger partial charge < -0.3 is 28.8 Å². The van der Waals surface area contributed by atoms with Gasteiger partial charge in [0, 0.05) is 13.5 Å². The standard InChI is InChI=1S/C17H26O6/c1-20-13-23-17(8-5-15(19)9-10-18)12-22-11-14-3-6-16(21-2)7-4-14/h3-4,6-7,10,15,17,19H,5,8-9,11-13H2,1-2H3/t15-,17-/m1/s1. The van der Waals surface area contributed by atoms with Crippen molar-refractivity contribution in [2.24, 2.45) is 0 Å². The highest BCUT2D eigenvalue weighted by atomic mass is 16.7. The molecular formula is C17H26O6. The van der Waals surface area contributed by atoms with Crippen molar-refractivity contribution in [2.75, 3.05) is 27.6 Å². The maximum absolute atomic E-state index is 10.4. The summed E-state index contributed by atoms with van der Waals surface area (Å²) >= 11 is 0. The topological polar surface area (TPSA) is 74.2 Å². The van der Waals surface area contributed by atoms with Gasteiger partial charge in [-0.3, -0.25) is 0 Å². The number of carbonyl (C=O) groups excluding carboxylic acids is 1. The zero-order valence-corrected chi connectivity index (χ0v) is 13.8. The minimum atomic E-state index is -0.636. The summed E-state index contributed by atoms with van der Waals surface area (Å²) in [6, 6.07) is 7.65. The Balaban J connectivity index is 2.35. The van der Waals surface area contributed by atoms with E-state index in [1.165, 1.54) is 0 Å². The molecule has 130 valence electrons. The van der Waals surface area contributed by atoms with Crippen LogP contribution in [0.1, 0.15) is 24.8 Å². The van der Waals surface area contributed by atoms with Crippen molar-refractivity contribution in [1.29, 1.82) is 0 Å². The summed E-state index contributed by atoms with van der Waals surface area (Å²) in [4.78, 5) is 10.4. The number of carbonyl (C=O) groups is 1. The molecule has 0 saturated heterocycles. The molecule has 0 unspecified atom stereocenters. The van der Waals surface area contributed by atoms with E-state index in [2.05, 4.69) is 0 Å². The van der Waals surface area contributed by atoms with E-state index in [1.807, 2.05) is 24.3 Å². The lowest BCUT2D eigenvalue weighted by molar-refractivity contribution is -0.111. The van der Waals surface area contributed by atoms with Gasteiger partial charge in [-0.25, -0.2) is 0 Å². The Kier molecular flexibility index (Phi) is 10.2. The summed E-state index contributed by atoms with van der Waals surface area (Å²) in [5.41, 5.74) is 1.04. The van der Waals surface area contributed by atoms with E-state index < -0.39 is 6.10 Å². The number of benzene rings is 1. The second-order valence-electron chi connectivity index (χ2n) is 5.19. The number of hydrogen-bond acceptors (Lipinski definition) is 6. The summed E-state index contributed by atoms with van der Waals surface area (Å²) in [6.45, 7) is 1.03. The first-order valence-corrected chi connectivity index (χ1v) is 7.62. The van der Waals surface area contributed by atoms with Gasteiger partial charge in [0.25, 0.3) is 0 Å². The van der Waals surface area contributed by atoms with Crippen LogP contribution >= 0.6 is 0 Å². The number of rotatable bonds is 13. The first-order chi connectivity index (χ1) is 11.2. The van der Waals surface area contributed by atoms with Gasteiger partial charge in [-0.2, -0.15) is 0 Å². The first kappa shape index (κ1) is 19.6. The van der Waals surface area contributed by atoms with E-state index in [-0.39, 0.29) is 19.3 Å². The van der Waals surface area contributed by atoms with Crippen molar-refractivity contribution >= 4 is 6.29 Å². The average Bonchev–Trinajstić information content (AvgIpc) is 2.57. The second kappa shape index (κ2) is 12.0.